The summed E-state index contributed by atoms with van der Waals surface area (Å²) in [6, 6.07) is 0.962. The molecule has 5 nitrogen and oxygen atoms in total. The van der Waals surface area contributed by atoms with Crippen molar-refractivity contribution < 1.29 is 23.4 Å². The van der Waals surface area contributed by atoms with E-state index in [1.807, 2.05) is 13.8 Å². The lowest BCUT2D eigenvalue weighted by molar-refractivity contribution is -0.135. The van der Waals surface area contributed by atoms with E-state index in [0.29, 0.717) is 19.8 Å². The molecule has 0 aliphatic rings. The van der Waals surface area contributed by atoms with Gasteiger partial charge >= 0.3 is 11.9 Å². The maximum atomic E-state index is 11.9. The molecule has 0 bridgehead atoms. The van der Waals surface area contributed by atoms with Crippen molar-refractivity contribution in [1.82, 2.24) is 0 Å². The van der Waals surface area contributed by atoms with Gasteiger partial charge in [0.15, 0.2) is 0 Å². The van der Waals surface area contributed by atoms with Gasteiger partial charge in [0, 0.05) is 0 Å². The van der Waals surface area contributed by atoms with Gasteiger partial charge in [0.2, 0.25) is 9.76 Å². The van der Waals surface area contributed by atoms with Gasteiger partial charge in [-0.3, -0.25) is 0 Å². The predicted molar refractivity (Wildman–Crippen MR) is 71.6 cm³/mol. The van der Waals surface area contributed by atoms with Crippen molar-refractivity contribution in [3.05, 3.63) is 11.7 Å². The molecular formula is C12H24O5Si. The minimum atomic E-state index is -0.831. The fourth-order valence-electron chi connectivity index (χ4n) is 1.16. The number of hydrogen-bond acceptors (Lipinski definition) is 5. The Morgan fingerprint density at radius 2 is 1.50 bits per heavy atom. The average Bonchev–Trinajstić information content (AvgIpc) is 2.36. The number of carbonyl (C=O) groups excluding carboxylic acids is 1. The Bertz CT molecular complexity index is 257. The van der Waals surface area contributed by atoms with Gasteiger partial charge in [-0.15, -0.1) is 0 Å². The smallest absolute Gasteiger partial charge is 0.367 e. The molecule has 0 atom stereocenters. The second-order valence-corrected chi connectivity index (χ2v) is 4.81. The van der Waals surface area contributed by atoms with Crippen LogP contribution in [0.25, 0.3) is 0 Å². The Morgan fingerprint density at radius 1 is 0.944 bits per heavy atom. The van der Waals surface area contributed by atoms with Crippen LogP contribution in [-0.2, 0) is 23.4 Å². The van der Waals surface area contributed by atoms with Gasteiger partial charge in [0.05, 0.1) is 19.8 Å². The molecule has 0 heterocycles. The topological polar surface area (TPSA) is 54.0 Å². The van der Waals surface area contributed by atoms with E-state index < -0.39 is 15.7 Å². The summed E-state index contributed by atoms with van der Waals surface area (Å²) >= 11 is 0. The first-order valence-corrected chi connectivity index (χ1v) is 8.08. The molecule has 0 amide bonds. The van der Waals surface area contributed by atoms with Crippen LogP contribution < -0.4 is 0 Å². The van der Waals surface area contributed by atoms with Crippen molar-refractivity contribution in [1.29, 1.82) is 0 Å². The van der Waals surface area contributed by atoms with Crippen molar-refractivity contribution >= 4 is 15.7 Å². The third-order valence-electron chi connectivity index (χ3n) is 1.94. The quantitative estimate of drug-likeness (QED) is 0.263. The molecule has 0 unspecified atom stereocenters. The molecule has 0 aromatic heterocycles. The summed E-state index contributed by atoms with van der Waals surface area (Å²) in [4.78, 5) is 11.9. The lowest BCUT2D eigenvalue weighted by atomic mass is 10.5. The van der Waals surface area contributed by atoms with Crippen LogP contribution in [0.2, 0.25) is 6.04 Å². The number of hydrogen-bond donors (Lipinski definition) is 0. The van der Waals surface area contributed by atoms with Crippen LogP contribution in [0.15, 0.2) is 11.7 Å². The van der Waals surface area contributed by atoms with E-state index in [0.717, 1.165) is 12.5 Å². The monoisotopic (exact) mass is 276 g/mol. The van der Waals surface area contributed by atoms with Crippen LogP contribution in [0.4, 0.5) is 0 Å². The SMILES string of the molecule is CCC[SiH2]OC(=O)C(OCC)=C(OCC)OCC. The Kier molecular flexibility index (Phi) is 10.2. The summed E-state index contributed by atoms with van der Waals surface area (Å²) in [6.07, 6.45) is 1.02. The van der Waals surface area contributed by atoms with E-state index in [9.17, 15) is 4.79 Å². The lowest BCUT2D eigenvalue weighted by Crippen LogP contribution is -2.17. The van der Waals surface area contributed by atoms with Crippen LogP contribution in [0.3, 0.4) is 0 Å². The highest BCUT2D eigenvalue weighted by Crippen LogP contribution is 2.12. The first kappa shape index (κ1) is 16.8. The third kappa shape index (κ3) is 6.54. The molecule has 0 spiro atoms. The highest BCUT2D eigenvalue weighted by Gasteiger charge is 2.21. The summed E-state index contributed by atoms with van der Waals surface area (Å²) in [7, 11) is -0.831. The van der Waals surface area contributed by atoms with Crippen LogP contribution in [-0.4, -0.2) is 35.6 Å². The number of rotatable bonds is 10. The highest BCUT2D eigenvalue weighted by atomic mass is 28.2. The van der Waals surface area contributed by atoms with Gasteiger partial charge in [0.25, 0.3) is 5.76 Å². The van der Waals surface area contributed by atoms with E-state index in [1.165, 1.54) is 0 Å². The van der Waals surface area contributed by atoms with E-state index in [4.69, 9.17) is 18.6 Å². The van der Waals surface area contributed by atoms with Crippen molar-refractivity contribution in [2.45, 2.75) is 40.2 Å². The maximum Gasteiger partial charge on any atom is 0.367 e. The molecule has 0 saturated heterocycles. The van der Waals surface area contributed by atoms with Crippen LogP contribution >= 0.6 is 0 Å². The molecule has 0 aliphatic carbocycles. The highest BCUT2D eigenvalue weighted by molar-refractivity contribution is 6.31. The van der Waals surface area contributed by atoms with Crippen LogP contribution in [0, 0.1) is 0 Å². The van der Waals surface area contributed by atoms with Crippen LogP contribution in [0.5, 0.6) is 0 Å². The standard InChI is InChI=1S/C12H24O5Si/c1-5-9-18-17-11(13)10(14-6-2)12(15-7-3)16-8-4/h5-9,18H2,1-4H3. The molecule has 0 saturated carbocycles. The lowest BCUT2D eigenvalue weighted by Gasteiger charge is -2.14. The minimum Gasteiger partial charge on any atom is -0.519 e. The molecule has 0 rings (SSSR count). The molecular weight excluding hydrogens is 252 g/mol. The molecule has 0 aliphatic heterocycles. The van der Waals surface area contributed by atoms with E-state index in [1.54, 1.807) is 6.92 Å². The molecule has 18 heavy (non-hydrogen) atoms. The maximum absolute atomic E-state index is 11.9. The summed E-state index contributed by atoms with van der Waals surface area (Å²) in [5, 5.41) is 0. The summed E-state index contributed by atoms with van der Waals surface area (Å²) in [5.41, 5.74) is 0. The van der Waals surface area contributed by atoms with E-state index >= 15 is 0 Å². The molecule has 6 heteroatoms. The second-order valence-electron chi connectivity index (χ2n) is 3.41. The number of carbonyl (C=O) groups is 1. The molecule has 0 N–H and O–H groups in total. The summed E-state index contributed by atoms with van der Waals surface area (Å²) < 4.78 is 21.0. The van der Waals surface area contributed by atoms with Gasteiger partial charge in [0.1, 0.15) is 0 Å². The Hall–Kier alpha value is -1.17. The van der Waals surface area contributed by atoms with E-state index in [2.05, 4.69) is 6.92 Å². The molecule has 0 radical (unpaired) electrons. The summed E-state index contributed by atoms with van der Waals surface area (Å²) in [5.74, 6) is -0.309. The Morgan fingerprint density at radius 3 is 1.94 bits per heavy atom. The average molecular weight is 276 g/mol. The fraction of sp³-hybridized carbons (Fsp3) is 0.750. The van der Waals surface area contributed by atoms with Gasteiger partial charge in [-0.05, 0) is 26.8 Å². The van der Waals surface area contributed by atoms with Crippen molar-refractivity contribution in [3.8, 4) is 0 Å². The number of ether oxygens (including phenoxy) is 3. The molecule has 106 valence electrons. The zero-order valence-corrected chi connectivity index (χ0v) is 13.2. The predicted octanol–water partition coefficient (Wildman–Crippen LogP) is 1.72. The Balaban J connectivity index is 4.74. The third-order valence-corrected chi connectivity index (χ3v) is 3.40. The summed E-state index contributed by atoms with van der Waals surface area (Å²) in [6.45, 7) is 8.68. The van der Waals surface area contributed by atoms with E-state index in [-0.39, 0.29) is 11.7 Å². The van der Waals surface area contributed by atoms with Gasteiger partial charge in [-0.25, -0.2) is 4.79 Å². The normalized spacial score (nSPS) is 10.2. The molecule has 0 aromatic carbocycles. The molecule has 0 aromatic rings. The second kappa shape index (κ2) is 10.9. The van der Waals surface area contributed by atoms with Crippen LogP contribution in [0.1, 0.15) is 34.1 Å². The van der Waals surface area contributed by atoms with Gasteiger partial charge in [-0.1, -0.05) is 13.3 Å². The van der Waals surface area contributed by atoms with Crippen molar-refractivity contribution in [2.24, 2.45) is 0 Å². The van der Waals surface area contributed by atoms with Crippen molar-refractivity contribution in [3.63, 3.8) is 0 Å². The minimum absolute atomic E-state index is 0.0461. The fourth-order valence-corrected chi connectivity index (χ4v) is 1.90. The van der Waals surface area contributed by atoms with Gasteiger partial charge in [-0.2, -0.15) is 0 Å². The largest absolute Gasteiger partial charge is 0.519 e. The Labute approximate surface area is 111 Å². The zero-order valence-electron chi connectivity index (χ0n) is 11.8. The van der Waals surface area contributed by atoms with Gasteiger partial charge < -0.3 is 18.6 Å². The first-order valence-electron chi connectivity index (χ1n) is 6.50. The first-order chi connectivity index (χ1) is 8.71. The van der Waals surface area contributed by atoms with Crippen molar-refractivity contribution in [2.75, 3.05) is 19.8 Å². The molecule has 0 fully saturated rings. The zero-order chi connectivity index (χ0) is 13.8.